The van der Waals surface area contributed by atoms with Crippen molar-refractivity contribution >= 4 is 17.2 Å². The van der Waals surface area contributed by atoms with Gasteiger partial charge in [0.1, 0.15) is 0 Å². The SMILES string of the molecule is CC(C(=O)N1CCNC[C@H]1C)c1cccs1. The van der Waals surface area contributed by atoms with E-state index < -0.39 is 0 Å². The van der Waals surface area contributed by atoms with Gasteiger partial charge in [0, 0.05) is 30.6 Å². The first-order valence-electron chi connectivity index (χ1n) is 5.74. The van der Waals surface area contributed by atoms with E-state index in [9.17, 15) is 4.79 Å². The summed E-state index contributed by atoms with van der Waals surface area (Å²) in [6, 6.07) is 4.36. The van der Waals surface area contributed by atoms with E-state index in [1.807, 2.05) is 29.3 Å². The second kappa shape index (κ2) is 4.97. The van der Waals surface area contributed by atoms with Gasteiger partial charge >= 0.3 is 0 Å². The highest BCUT2D eigenvalue weighted by molar-refractivity contribution is 7.10. The van der Waals surface area contributed by atoms with E-state index in [0.29, 0.717) is 6.04 Å². The van der Waals surface area contributed by atoms with Crippen LogP contribution in [0.3, 0.4) is 0 Å². The van der Waals surface area contributed by atoms with Crippen molar-refractivity contribution in [3.63, 3.8) is 0 Å². The topological polar surface area (TPSA) is 32.3 Å². The van der Waals surface area contributed by atoms with Crippen molar-refractivity contribution in [2.24, 2.45) is 0 Å². The molecule has 1 unspecified atom stereocenters. The molecular formula is C12H18N2OS. The second-order valence-corrected chi connectivity index (χ2v) is 5.30. The summed E-state index contributed by atoms with van der Waals surface area (Å²) < 4.78 is 0. The highest BCUT2D eigenvalue weighted by Crippen LogP contribution is 2.23. The fourth-order valence-corrected chi connectivity index (χ4v) is 2.85. The zero-order valence-electron chi connectivity index (χ0n) is 9.77. The van der Waals surface area contributed by atoms with E-state index in [4.69, 9.17) is 0 Å². The molecule has 3 nitrogen and oxygen atoms in total. The minimum Gasteiger partial charge on any atom is -0.337 e. The Kier molecular flexibility index (Phi) is 3.61. The first kappa shape index (κ1) is 11.6. The quantitative estimate of drug-likeness (QED) is 0.850. The summed E-state index contributed by atoms with van der Waals surface area (Å²) in [4.78, 5) is 15.5. The molecule has 1 aromatic rings. The zero-order chi connectivity index (χ0) is 11.5. The van der Waals surface area contributed by atoms with Gasteiger partial charge in [-0.1, -0.05) is 6.07 Å². The Hall–Kier alpha value is -0.870. The molecule has 1 aliphatic rings. The normalized spacial score (nSPS) is 23.1. The Morgan fingerprint density at radius 2 is 2.50 bits per heavy atom. The molecule has 2 heterocycles. The van der Waals surface area contributed by atoms with Crippen molar-refractivity contribution in [2.45, 2.75) is 25.8 Å². The van der Waals surface area contributed by atoms with Crippen LogP contribution < -0.4 is 5.32 Å². The lowest BCUT2D eigenvalue weighted by atomic mass is 10.1. The summed E-state index contributed by atoms with van der Waals surface area (Å²) in [7, 11) is 0. The molecule has 4 heteroatoms. The van der Waals surface area contributed by atoms with Gasteiger partial charge in [-0.2, -0.15) is 0 Å². The minimum atomic E-state index is 0.000509. The van der Waals surface area contributed by atoms with Crippen LogP contribution in [0.2, 0.25) is 0 Å². The Labute approximate surface area is 100 Å². The number of hydrogen-bond acceptors (Lipinski definition) is 3. The first-order chi connectivity index (χ1) is 7.70. The van der Waals surface area contributed by atoms with Crippen molar-refractivity contribution < 1.29 is 4.79 Å². The zero-order valence-corrected chi connectivity index (χ0v) is 10.6. The second-order valence-electron chi connectivity index (χ2n) is 4.32. The third-order valence-corrected chi connectivity index (χ3v) is 4.18. The lowest BCUT2D eigenvalue weighted by Crippen LogP contribution is -2.53. The number of carbonyl (C=O) groups excluding carboxylic acids is 1. The molecule has 0 aromatic carbocycles. The van der Waals surface area contributed by atoms with Gasteiger partial charge in [0.15, 0.2) is 0 Å². The molecule has 1 aromatic heterocycles. The molecule has 88 valence electrons. The number of rotatable bonds is 2. The van der Waals surface area contributed by atoms with Crippen molar-refractivity contribution in [2.75, 3.05) is 19.6 Å². The molecule has 2 rings (SSSR count). The molecule has 0 saturated carbocycles. The molecule has 0 spiro atoms. The first-order valence-corrected chi connectivity index (χ1v) is 6.62. The van der Waals surface area contributed by atoms with Gasteiger partial charge in [-0.05, 0) is 25.3 Å². The van der Waals surface area contributed by atoms with Crippen molar-refractivity contribution in [3.8, 4) is 0 Å². The third kappa shape index (κ3) is 2.28. The average molecular weight is 238 g/mol. The highest BCUT2D eigenvalue weighted by atomic mass is 32.1. The Balaban J connectivity index is 2.06. The van der Waals surface area contributed by atoms with Crippen LogP contribution in [0.15, 0.2) is 17.5 Å². The average Bonchev–Trinajstić information content (AvgIpc) is 2.81. The molecule has 0 radical (unpaired) electrons. The smallest absolute Gasteiger partial charge is 0.230 e. The van der Waals surface area contributed by atoms with Crippen LogP contribution in [0, 0.1) is 0 Å². The van der Waals surface area contributed by atoms with Gasteiger partial charge in [0.05, 0.1) is 5.92 Å². The summed E-state index contributed by atoms with van der Waals surface area (Å²) in [5, 5.41) is 5.33. The van der Waals surface area contributed by atoms with Crippen molar-refractivity contribution in [3.05, 3.63) is 22.4 Å². The number of carbonyl (C=O) groups is 1. The van der Waals surface area contributed by atoms with Crippen molar-refractivity contribution in [1.29, 1.82) is 0 Å². The monoisotopic (exact) mass is 238 g/mol. The summed E-state index contributed by atoms with van der Waals surface area (Å²) in [5.74, 6) is 0.261. The van der Waals surface area contributed by atoms with E-state index >= 15 is 0 Å². The maximum atomic E-state index is 12.3. The molecule has 1 aliphatic heterocycles. The molecule has 1 saturated heterocycles. The number of piperazine rings is 1. The lowest BCUT2D eigenvalue weighted by molar-refractivity contribution is -0.135. The molecule has 1 fully saturated rings. The van der Waals surface area contributed by atoms with Gasteiger partial charge in [0.2, 0.25) is 5.91 Å². The van der Waals surface area contributed by atoms with Crippen molar-refractivity contribution in [1.82, 2.24) is 10.2 Å². The van der Waals surface area contributed by atoms with E-state index in [1.54, 1.807) is 11.3 Å². The summed E-state index contributed by atoms with van der Waals surface area (Å²) >= 11 is 1.66. The van der Waals surface area contributed by atoms with Crippen LogP contribution in [0.4, 0.5) is 0 Å². The summed E-state index contributed by atoms with van der Waals surface area (Å²) in [6.45, 7) is 6.75. The van der Waals surface area contributed by atoms with E-state index in [1.165, 1.54) is 0 Å². The van der Waals surface area contributed by atoms with Gasteiger partial charge in [-0.25, -0.2) is 0 Å². The Morgan fingerprint density at radius 3 is 3.12 bits per heavy atom. The Bertz CT molecular complexity index is 350. The van der Waals surface area contributed by atoms with Crippen LogP contribution in [0.25, 0.3) is 0 Å². The standard InChI is InChI=1S/C12H18N2OS/c1-9-8-13-5-6-14(9)12(15)10(2)11-4-3-7-16-11/h3-4,7,9-10,13H,5-6,8H2,1-2H3/t9-,10?/m1/s1. The molecule has 16 heavy (non-hydrogen) atoms. The van der Waals surface area contributed by atoms with Gasteiger partial charge < -0.3 is 10.2 Å². The molecule has 1 amide bonds. The largest absolute Gasteiger partial charge is 0.337 e. The van der Waals surface area contributed by atoms with E-state index in [2.05, 4.69) is 12.2 Å². The summed E-state index contributed by atoms with van der Waals surface area (Å²) in [6.07, 6.45) is 0. The maximum absolute atomic E-state index is 12.3. The fraction of sp³-hybridized carbons (Fsp3) is 0.583. The molecule has 1 N–H and O–H groups in total. The molecule has 2 atom stereocenters. The van der Waals surface area contributed by atoms with Crippen LogP contribution in [0.5, 0.6) is 0 Å². The van der Waals surface area contributed by atoms with Gasteiger partial charge in [-0.3, -0.25) is 4.79 Å². The number of nitrogens with zero attached hydrogens (tertiary/aromatic N) is 1. The predicted molar refractivity (Wildman–Crippen MR) is 66.8 cm³/mol. The Morgan fingerprint density at radius 1 is 1.69 bits per heavy atom. The maximum Gasteiger partial charge on any atom is 0.230 e. The number of nitrogens with one attached hydrogen (secondary N) is 1. The fourth-order valence-electron chi connectivity index (χ4n) is 2.08. The van der Waals surface area contributed by atoms with Crippen LogP contribution >= 0.6 is 11.3 Å². The van der Waals surface area contributed by atoms with Crippen LogP contribution in [-0.2, 0) is 4.79 Å². The predicted octanol–water partition coefficient (Wildman–Crippen LogP) is 1.67. The third-order valence-electron chi connectivity index (χ3n) is 3.12. The number of thiophene rings is 1. The molecular weight excluding hydrogens is 220 g/mol. The van der Waals surface area contributed by atoms with Gasteiger partial charge in [0.25, 0.3) is 0 Å². The minimum absolute atomic E-state index is 0.000509. The number of hydrogen-bond donors (Lipinski definition) is 1. The summed E-state index contributed by atoms with van der Waals surface area (Å²) in [5.41, 5.74) is 0. The lowest BCUT2D eigenvalue weighted by Gasteiger charge is -2.35. The van der Waals surface area contributed by atoms with Gasteiger partial charge in [-0.15, -0.1) is 11.3 Å². The van der Waals surface area contributed by atoms with E-state index in [0.717, 1.165) is 24.5 Å². The van der Waals surface area contributed by atoms with Crippen LogP contribution in [-0.4, -0.2) is 36.5 Å². The number of amides is 1. The highest BCUT2D eigenvalue weighted by Gasteiger charge is 2.27. The molecule has 0 bridgehead atoms. The molecule has 0 aliphatic carbocycles. The van der Waals surface area contributed by atoms with Crippen LogP contribution in [0.1, 0.15) is 24.6 Å². The van der Waals surface area contributed by atoms with E-state index in [-0.39, 0.29) is 11.8 Å².